The highest BCUT2D eigenvalue weighted by Crippen LogP contribution is 2.26. The number of aryl methyl sites for hydroxylation is 1. The molecule has 0 amide bonds. The second-order valence-corrected chi connectivity index (χ2v) is 6.61. The van der Waals surface area contributed by atoms with Crippen molar-refractivity contribution in [1.82, 2.24) is 0 Å². The molecule has 3 nitrogen and oxygen atoms in total. The standard InChI is InChI=1S/C13H10Cl2FNO2S/c1-8-7-9(14)5-6-12(8)20(18,19)17-11-4-2-3-10(15)13(11)16/h2-7,17H,1H3. The van der Waals surface area contributed by atoms with E-state index in [-0.39, 0.29) is 15.6 Å². The highest BCUT2D eigenvalue weighted by Gasteiger charge is 2.19. The molecule has 0 spiro atoms. The Kier molecular flexibility index (Phi) is 4.22. The van der Waals surface area contributed by atoms with Gasteiger partial charge in [0.25, 0.3) is 10.0 Å². The van der Waals surface area contributed by atoms with E-state index in [4.69, 9.17) is 23.2 Å². The second-order valence-electron chi connectivity index (χ2n) is 4.12. The molecule has 0 saturated carbocycles. The average molecular weight is 334 g/mol. The Labute approximate surface area is 126 Å². The summed E-state index contributed by atoms with van der Waals surface area (Å²) in [5, 5.41) is 0.272. The Morgan fingerprint density at radius 1 is 1.15 bits per heavy atom. The van der Waals surface area contributed by atoms with Crippen molar-refractivity contribution in [1.29, 1.82) is 0 Å². The first-order valence-electron chi connectivity index (χ1n) is 5.54. The van der Waals surface area contributed by atoms with Gasteiger partial charge in [0.2, 0.25) is 0 Å². The number of anilines is 1. The Balaban J connectivity index is 2.44. The summed E-state index contributed by atoms with van der Waals surface area (Å²) < 4.78 is 40.4. The molecule has 0 unspecified atom stereocenters. The molecule has 2 aromatic carbocycles. The van der Waals surface area contributed by atoms with Gasteiger partial charge in [-0.25, -0.2) is 12.8 Å². The maximum atomic E-state index is 13.7. The molecule has 0 aliphatic carbocycles. The molecule has 0 fully saturated rings. The van der Waals surface area contributed by atoms with E-state index in [0.29, 0.717) is 10.6 Å². The van der Waals surface area contributed by atoms with E-state index in [1.54, 1.807) is 6.92 Å². The van der Waals surface area contributed by atoms with Gasteiger partial charge in [-0.15, -0.1) is 0 Å². The monoisotopic (exact) mass is 333 g/mol. The van der Waals surface area contributed by atoms with Crippen LogP contribution < -0.4 is 4.72 Å². The van der Waals surface area contributed by atoms with Crippen LogP contribution in [-0.2, 0) is 10.0 Å². The van der Waals surface area contributed by atoms with E-state index in [0.717, 1.165) is 0 Å². The number of sulfonamides is 1. The zero-order valence-corrected chi connectivity index (χ0v) is 12.7. The van der Waals surface area contributed by atoms with E-state index < -0.39 is 15.8 Å². The van der Waals surface area contributed by atoms with Crippen LogP contribution in [0.4, 0.5) is 10.1 Å². The topological polar surface area (TPSA) is 46.2 Å². The molecule has 0 saturated heterocycles. The van der Waals surface area contributed by atoms with E-state index in [1.807, 2.05) is 0 Å². The summed E-state index contributed by atoms with van der Waals surface area (Å²) in [6.07, 6.45) is 0. The molecule has 106 valence electrons. The summed E-state index contributed by atoms with van der Waals surface area (Å²) in [7, 11) is -3.91. The van der Waals surface area contributed by atoms with Crippen LogP contribution in [0, 0.1) is 12.7 Å². The van der Waals surface area contributed by atoms with Crippen LogP contribution >= 0.6 is 23.2 Å². The van der Waals surface area contributed by atoms with Gasteiger partial charge in [0.05, 0.1) is 15.6 Å². The van der Waals surface area contributed by atoms with Gasteiger partial charge >= 0.3 is 0 Å². The second kappa shape index (κ2) is 5.60. The number of rotatable bonds is 3. The molecule has 2 aromatic rings. The quantitative estimate of drug-likeness (QED) is 0.912. The first kappa shape index (κ1) is 15.1. The van der Waals surface area contributed by atoms with Crippen molar-refractivity contribution in [3.63, 3.8) is 0 Å². The third kappa shape index (κ3) is 3.06. The average Bonchev–Trinajstić information content (AvgIpc) is 2.34. The van der Waals surface area contributed by atoms with Gasteiger partial charge < -0.3 is 0 Å². The molecular formula is C13H10Cl2FNO2S. The Morgan fingerprint density at radius 2 is 1.85 bits per heavy atom. The first-order valence-corrected chi connectivity index (χ1v) is 7.78. The van der Waals surface area contributed by atoms with Crippen molar-refractivity contribution >= 4 is 38.9 Å². The van der Waals surface area contributed by atoms with Gasteiger partial charge in [0.15, 0.2) is 5.82 Å². The molecular weight excluding hydrogens is 324 g/mol. The summed E-state index contributed by atoms with van der Waals surface area (Å²) in [5.41, 5.74) is 0.263. The van der Waals surface area contributed by atoms with Crippen molar-refractivity contribution in [3.8, 4) is 0 Å². The maximum Gasteiger partial charge on any atom is 0.262 e. The summed E-state index contributed by atoms with van der Waals surface area (Å²) >= 11 is 11.4. The van der Waals surface area contributed by atoms with Crippen LogP contribution in [0.5, 0.6) is 0 Å². The predicted octanol–water partition coefficient (Wildman–Crippen LogP) is 4.24. The molecule has 7 heteroatoms. The fraction of sp³-hybridized carbons (Fsp3) is 0.0769. The van der Waals surface area contributed by atoms with E-state index >= 15 is 0 Å². The smallest absolute Gasteiger partial charge is 0.262 e. The third-order valence-corrected chi connectivity index (χ3v) is 4.68. The van der Waals surface area contributed by atoms with Gasteiger partial charge in [-0.2, -0.15) is 0 Å². The SMILES string of the molecule is Cc1cc(Cl)ccc1S(=O)(=O)Nc1cccc(Cl)c1F. The van der Waals surface area contributed by atoms with Crippen molar-refractivity contribution < 1.29 is 12.8 Å². The molecule has 0 aliphatic rings. The minimum Gasteiger partial charge on any atom is -0.277 e. The van der Waals surface area contributed by atoms with Crippen molar-refractivity contribution in [2.45, 2.75) is 11.8 Å². The Bertz CT molecular complexity index is 763. The van der Waals surface area contributed by atoms with E-state index in [9.17, 15) is 12.8 Å². The minimum absolute atomic E-state index is 0.0290. The van der Waals surface area contributed by atoms with Gasteiger partial charge in [-0.05, 0) is 42.8 Å². The summed E-state index contributed by atoms with van der Waals surface area (Å²) in [6, 6.07) is 8.43. The highest BCUT2D eigenvalue weighted by atomic mass is 35.5. The minimum atomic E-state index is -3.91. The molecule has 0 aliphatic heterocycles. The van der Waals surface area contributed by atoms with E-state index in [2.05, 4.69) is 4.72 Å². The molecule has 2 rings (SSSR count). The molecule has 0 heterocycles. The van der Waals surface area contributed by atoms with Crippen LogP contribution in [0.1, 0.15) is 5.56 Å². The normalized spacial score (nSPS) is 11.4. The van der Waals surface area contributed by atoms with Crippen molar-refractivity contribution in [2.24, 2.45) is 0 Å². The fourth-order valence-corrected chi connectivity index (χ4v) is 3.39. The zero-order chi connectivity index (χ0) is 14.9. The summed E-state index contributed by atoms with van der Waals surface area (Å²) in [4.78, 5) is 0.0290. The lowest BCUT2D eigenvalue weighted by atomic mass is 10.2. The number of halogens is 3. The number of hydrogen-bond acceptors (Lipinski definition) is 2. The molecule has 0 aromatic heterocycles. The lowest BCUT2D eigenvalue weighted by molar-refractivity contribution is 0.598. The van der Waals surface area contributed by atoms with Crippen molar-refractivity contribution in [3.05, 3.63) is 57.8 Å². The largest absolute Gasteiger partial charge is 0.277 e. The molecule has 0 radical (unpaired) electrons. The van der Waals surface area contributed by atoms with Gasteiger partial charge in [0.1, 0.15) is 0 Å². The zero-order valence-electron chi connectivity index (χ0n) is 10.3. The molecule has 0 bridgehead atoms. The summed E-state index contributed by atoms with van der Waals surface area (Å²) in [6.45, 7) is 1.61. The van der Waals surface area contributed by atoms with Gasteiger partial charge in [-0.3, -0.25) is 4.72 Å². The van der Waals surface area contributed by atoms with Crippen LogP contribution in [-0.4, -0.2) is 8.42 Å². The number of nitrogens with one attached hydrogen (secondary N) is 1. The van der Waals surface area contributed by atoms with Gasteiger partial charge in [-0.1, -0.05) is 29.3 Å². The predicted molar refractivity (Wildman–Crippen MR) is 78.4 cm³/mol. The highest BCUT2D eigenvalue weighted by molar-refractivity contribution is 7.92. The molecule has 20 heavy (non-hydrogen) atoms. The van der Waals surface area contributed by atoms with Crippen LogP contribution in [0.15, 0.2) is 41.3 Å². The third-order valence-electron chi connectivity index (χ3n) is 2.62. The van der Waals surface area contributed by atoms with Crippen LogP contribution in [0.3, 0.4) is 0 Å². The maximum absolute atomic E-state index is 13.7. The summed E-state index contributed by atoms with van der Waals surface area (Å²) in [5.74, 6) is -0.815. The Hall–Kier alpha value is -1.30. The van der Waals surface area contributed by atoms with E-state index in [1.165, 1.54) is 36.4 Å². The lowest BCUT2D eigenvalue weighted by Crippen LogP contribution is -2.15. The van der Waals surface area contributed by atoms with Crippen LogP contribution in [0.25, 0.3) is 0 Å². The number of benzene rings is 2. The van der Waals surface area contributed by atoms with Gasteiger partial charge in [0, 0.05) is 5.02 Å². The molecule has 0 atom stereocenters. The van der Waals surface area contributed by atoms with Crippen molar-refractivity contribution in [2.75, 3.05) is 4.72 Å². The number of hydrogen-bond donors (Lipinski definition) is 1. The molecule has 1 N–H and O–H groups in total. The van der Waals surface area contributed by atoms with Crippen LogP contribution in [0.2, 0.25) is 10.0 Å². The lowest BCUT2D eigenvalue weighted by Gasteiger charge is -2.11. The fourth-order valence-electron chi connectivity index (χ4n) is 1.70. The Morgan fingerprint density at radius 3 is 2.50 bits per heavy atom. The first-order chi connectivity index (χ1) is 9.31.